The van der Waals surface area contributed by atoms with Gasteiger partial charge >= 0.3 is 0 Å². The molecule has 10 nitrogen and oxygen atoms in total. The fraction of sp³-hybridized carbons (Fsp3) is 0.414. The fourth-order valence-corrected chi connectivity index (χ4v) is 7.25. The van der Waals surface area contributed by atoms with Crippen molar-refractivity contribution in [1.82, 2.24) is 19.7 Å². The Labute approximate surface area is 258 Å². The zero-order valence-electron chi connectivity index (χ0n) is 23.8. The number of benzene rings is 1. The van der Waals surface area contributed by atoms with E-state index in [9.17, 15) is 8.42 Å². The van der Waals surface area contributed by atoms with Gasteiger partial charge in [0, 0.05) is 41.7 Å². The lowest BCUT2D eigenvalue weighted by Gasteiger charge is -2.47. The van der Waals surface area contributed by atoms with Crippen molar-refractivity contribution in [2.75, 3.05) is 30.9 Å². The van der Waals surface area contributed by atoms with Crippen LogP contribution in [0.5, 0.6) is 5.75 Å². The molecular weight excluding hydrogens is 620 g/mol. The van der Waals surface area contributed by atoms with Crippen molar-refractivity contribution in [2.45, 2.75) is 51.0 Å². The van der Waals surface area contributed by atoms with Crippen molar-refractivity contribution in [2.24, 2.45) is 0 Å². The Morgan fingerprint density at radius 2 is 1.88 bits per heavy atom. The number of anilines is 1. The molecule has 2 aliphatic rings. The Bertz CT molecular complexity index is 1770. The molecule has 2 aliphatic heterocycles. The zero-order chi connectivity index (χ0) is 30.5. The first-order chi connectivity index (χ1) is 20.4. The summed E-state index contributed by atoms with van der Waals surface area (Å²) in [6.07, 6.45) is 7.66. The first-order valence-electron chi connectivity index (χ1n) is 13.8. The lowest BCUT2D eigenvalue weighted by atomic mass is 9.97. The quantitative estimate of drug-likeness (QED) is 0.202. The highest BCUT2D eigenvalue weighted by atomic mass is 35.5. The summed E-state index contributed by atoms with van der Waals surface area (Å²) >= 11 is 12.7. The highest BCUT2D eigenvalue weighted by Gasteiger charge is 2.44. The third-order valence-corrected chi connectivity index (χ3v) is 8.82. The lowest BCUT2D eigenvalue weighted by molar-refractivity contribution is -0.0365. The molecule has 0 aliphatic carbocycles. The van der Waals surface area contributed by atoms with Gasteiger partial charge < -0.3 is 14.4 Å². The summed E-state index contributed by atoms with van der Waals surface area (Å²) in [4.78, 5) is 10.0. The molecule has 43 heavy (non-hydrogen) atoms. The third-order valence-electron chi connectivity index (χ3n) is 7.51. The number of aromatic nitrogens is 4. The van der Waals surface area contributed by atoms with Crippen LogP contribution in [0.2, 0.25) is 10.0 Å². The minimum Gasteiger partial charge on any atom is -0.486 e. The minimum absolute atomic E-state index is 0.113. The van der Waals surface area contributed by atoms with E-state index in [1.54, 1.807) is 18.0 Å². The predicted octanol–water partition coefficient (Wildman–Crippen LogP) is 6.33. The van der Waals surface area contributed by atoms with Crippen LogP contribution >= 0.6 is 23.2 Å². The van der Waals surface area contributed by atoms with E-state index in [4.69, 9.17) is 42.0 Å². The van der Waals surface area contributed by atoms with Crippen molar-refractivity contribution in [3.05, 3.63) is 64.3 Å². The first kappa shape index (κ1) is 30.0. The average molecular weight is 651 g/mol. The van der Waals surface area contributed by atoms with E-state index >= 15 is 4.39 Å². The SMILES string of the molecule is C[C@@H](Oc1ccc2c(c1)c(-c1cnc(N3CC(C)(OS(C)(=O)=O)C3)c(F)c1)nn2C1CCCCO1)c1c(Cl)cncc1Cl. The molecule has 0 spiro atoms. The van der Waals surface area contributed by atoms with Crippen molar-refractivity contribution in [3.63, 3.8) is 0 Å². The molecule has 1 unspecified atom stereocenters. The molecule has 2 fully saturated rings. The maximum absolute atomic E-state index is 15.5. The molecule has 0 radical (unpaired) electrons. The van der Waals surface area contributed by atoms with Gasteiger partial charge in [0.05, 0.1) is 34.9 Å². The summed E-state index contributed by atoms with van der Waals surface area (Å²) < 4.78 is 58.0. The second-order valence-electron chi connectivity index (χ2n) is 11.2. The Morgan fingerprint density at radius 1 is 1.14 bits per heavy atom. The number of pyridine rings is 2. The summed E-state index contributed by atoms with van der Waals surface area (Å²) in [6, 6.07) is 6.98. The normalized spacial score (nSPS) is 19.3. The average Bonchev–Trinajstić information content (AvgIpc) is 3.30. The number of halogens is 3. The monoisotopic (exact) mass is 649 g/mol. The smallest absolute Gasteiger partial charge is 0.265 e. The second kappa shape index (κ2) is 11.5. The minimum atomic E-state index is -3.65. The molecule has 3 aromatic heterocycles. The van der Waals surface area contributed by atoms with Crippen LogP contribution in [0, 0.1) is 5.82 Å². The van der Waals surface area contributed by atoms with E-state index in [-0.39, 0.29) is 25.1 Å². The standard InChI is InChI=1S/C29H30Cl2FN5O5S/c1-17(26-21(30)13-33-14-22(26)31)41-19-7-8-24-20(11-19)27(35-37(24)25-6-4-5-9-40-25)18-10-23(32)28(34-12-18)36-15-29(2,16-36)42-43(3,38)39/h7-8,10-14,17,25H,4-6,9,15-16H2,1-3H3/t17-,25?/m1/s1. The van der Waals surface area contributed by atoms with Crippen LogP contribution in [0.3, 0.4) is 0 Å². The van der Waals surface area contributed by atoms with Crippen molar-refractivity contribution >= 4 is 50.0 Å². The van der Waals surface area contributed by atoms with Gasteiger partial charge in [0.1, 0.15) is 23.1 Å². The fourth-order valence-electron chi connectivity index (χ4n) is 5.74. The number of rotatable bonds is 8. The van der Waals surface area contributed by atoms with Gasteiger partial charge in [-0.05, 0) is 57.4 Å². The molecule has 228 valence electrons. The van der Waals surface area contributed by atoms with Crippen LogP contribution in [0.4, 0.5) is 10.2 Å². The van der Waals surface area contributed by atoms with Crippen LogP contribution in [0.15, 0.2) is 42.9 Å². The van der Waals surface area contributed by atoms with Gasteiger partial charge in [-0.25, -0.2) is 14.1 Å². The molecule has 0 saturated carbocycles. The van der Waals surface area contributed by atoms with Crippen molar-refractivity contribution < 1.29 is 26.5 Å². The van der Waals surface area contributed by atoms with Gasteiger partial charge in [-0.15, -0.1) is 0 Å². The van der Waals surface area contributed by atoms with Crippen LogP contribution in [-0.4, -0.2) is 59.7 Å². The zero-order valence-corrected chi connectivity index (χ0v) is 26.1. The molecular formula is C29H30Cl2FN5O5S. The Balaban J connectivity index is 1.34. The summed E-state index contributed by atoms with van der Waals surface area (Å²) in [7, 11) is -3.65. The highest BCUT2D eigenvalue weighted by Crippen LogP contribution is 2.39. The van der Waals surface area contributed by atoms with Crippen LogP contribution in [-0.2, 0) is 19.0 Å². The Morgan fingerprint density at radius 3 is 2.53 bits per heavy atom. The molecule has 5 heterocycles. The summed E-state index contributed by atoms with van der Waals surface area (Å²) in [5, 5.41) is 6.41. The van der Waals surface area contributed by atoms with E-state index in [2.05, 4.69) is 9.97 Å². The maximum atomic E-state index is 15.5. The Hall–Kier alpha value is -3.03. The van der Waals surface area contributed by atoms with Crippen molar-refractivity contribution in [1.29, 1.82) is 0 Å². The number of nitrogens with zero attached hydrogens (tertiary/aromatic N) is 5. The number of hydrogen-bond acceptors (Lipinski definition) is 9. The van der Waals surface area contributed by atoms with Gasteiger partial charge in [-0.3, -0.25) is 9.17 Å². The van der Waals surface area contributed by atoms with Gasteiger partial charge in [-0.1, -0.05) is 23.2 Å². The van der Waals surface area contributed by atoms with Crippen LogP contribution in [0.25, 0.3) is 22.2 Å². The van der Waals surface area contributed by atoms with Gasteiger partial charge in [0.15, 0.2) is 17.9 Å². The topological polar surface area (TPSA) is 109 Å². The highest BCUT2D eigenvalue weighted by molar-refractivity contribution is 7.86. The molecule has 2 atom stereocenters. The summed E-state index contributed by atoms with van der Waals surface area (Å²) in [6.45, 7) is 4.52. The molecule has 14 heteroatoms. The number of hydrogen-bond donors (Lipinski definition) is 0. The molecule has 0 amide bonds. The second-order valence-corrected chi connectivity index (χ2v) is 13.6. The van der Waals surface area contributed by atoms with Gasteiger partial charge in [0.25, 0.3) is 10.1 Å². The number of fused-ring (bicyclic) bond motifs is 1. The van der Waals surface area contributed by atoms with E-state index in [0.717, 1.165) is 36.4 Å². The van der Waals surface area contributed by atoms with Gasteiger partial charge in [-0.2, -0.15) is 13.5 Å². The molecule has 2 saturated heterocycles. The van der Waals surface area contributed by atoms with E-state index in [1.807, 2.05) is 29.8 Å². The predicted molar refractivity (Wildman–Crippen MR) is 162 cm³/mol. The van der Waals surface area contributed by atoms with Crippen molar-refractivity contribution in [3.8, 4) is 17.0 Å². The van der Waals surface area contributed by atoms with Crippen LogP contribution < -0.4 is 9.64 Å². The molecule has 1 aromatic carbocycles. The van der Waals surface area contributed by atoms with E-state index in [0.29, 0.717) is 39.2 Å². The first-order valence-corrected chi connectivity index (χ1v) is 16.4. The molecule has 0 N–H and O–H groups in total. The summed E-state index contributed by atoms with van der Waals surface area (Å²) in [5.41, 5.74) is 1.49. The molecule has 0 bridgehead atoms. The van der Waals surface area contributed by atoms with Crippen LogP contribution in [0.1, 0.15) is 51.0 Å². The summed E-state index contributed by atoms with van der Waals surface area (Å²) in [5.74, 6) is 0.102. The number of ether oxygens (including phenoxy) is 2. The largest absolute Gasteiger partial charge is 0.486 e. The van der Waals surface area contributed by atoms with Gasteiger partial charge in [0.2, 0.25) is 0 Å². The van der Waals surface area contributed by atoms with E-state index < -0.39 is 27.6 Å². The Kier molecular flexibility index (Phi) is 8.01. The molecule has 4 aromatic rings. The third kappa shape index (κ3) is 6.16. The molecule has 6 rings (SSSR count). The van der Waals surface area contributed by atoms with E-state index in [1.165, 1.54) is 18.5 Å². The lowest BCUT2D eigenvalue weighted by Crippen LogP contribution is -2.62. The maximum Gasteiger partial charge on any atom is 0.265 e.